The van der Waals surface area contributed by atoms with Gasteiger partial charge in [-0.05, 0) is 35.5 Å². The minimum atomic E-state index is -0.347. The maximum Gasteiger partial charge on any atom is 0.293 e. The molecule has 1 aromatic rings. The molecule has 4 nitrogen and oxygen atoms in total. The van der Waals surface area contributed by atoms with Crippen molar-refractivity contribution >= 4 is 41.4 Å². The van der Waals surface area contributed by atoms with Crippen LogP contribution in [0, 0.1) is 5.82 Å². The Balaban J connectivity index is 0.00000180. The summed E-state index contributed by atoms with van der Waals surface area (Å²) in [5, 5.41) is -0.321. The third-order valence-corrected chi connectivity index (χ3v) is 3.30. The van der Waals surface area contributed by atoms with Crippen LogP contribution in [-0.4, -0.2) is 29.1 Å². The average Bonchev–Trinajstić information content (AvgIpc) is 2.60. The van der Waals surface area contributed by atoms with Gasteiger partial charge in [0.15, 0.2) is 0 Å². The number of amides is 2. The number of thioether (sulfide) groups is 1. The molecule has 1 aliphatic heterocycles. The number of carbonyl (C=O) groups is 2. The van der Waals surface area contributed by atoms with E-state index in [4.69, 9.17) is 5.73 Å². The van der Waals surface area contributed by atoms with Crippen LogP contribution in [0.4, 0.5) is 9.18 Å². The Labute approximate surface area is 120 Å². The van der Waals surface area contributed by atoms with E-state index in [-0.39, 0.29) is 42.5 Å². The van der Waals surface area contributed by atoms with Gasteiger partial charge in [0.05, 0.1) is 4.91 Å². The van der Waals surface area contributed by atoms with Crippen molar-refractivity contribution in [3.05, 3.63) is 40.6 Å². The quantitative estimate of drug-likeness (QED) is 0.870. The van der Waals surface area contributed by atoms with Gasteiger partial charge in [0.25, 0.3) is 11.1 Å². The van der Waals surface area contributed by atoms with Crippen molar-refractivity contribution in [2.45, 2.75) is 0 Å². The van der Waals surface area contributed by atoms with E-state index < -0.39 is 0 Å². The van der Waals surface area contributed by atoms with Crippen molar-refractivity contribution in [1.29, 1.82) is 0 Å². The standard InChI is InChI=1S/C12H11FN2O2S.ClH/c13-9-3-1-8(2-4-9)7-10-11(16)15(6-5-14)12(17)18-10;/h1-4,7H,5-6,14H2;1H/b10-7-;. The van der Waals surface area contributed by atoms with E-state index in [9.17, 15) is 14.0 Å². The maximum atomic E-state index is 12.7. The Morgan fingerprint density at radius 3 is 2.47 bits per heavy atom. The van der Waals surface area contributed by atoms with E-state index in [2.05, 4.69) is 0 Å². The van der Waals surface area contributed by atoms with Crippen LogP contribution in [0.1, 0.15) is 5.56 Å². The molecule has 1 saturated heterocycles. The zero-order chi connectivity index (χ0) is 13.1. The highest BCUT2D eigenvalue weighted by Gasteiger charge is 2.34. The molecule has 0 spiro atoms. The Morgan fingerprint density at radius 2 is 1.89 bits per heavy atom. The van der Waals surface area contributed by atoms with Gasteiger partial charge in [0.2, 0.25) is 0 Å². The fraction of sp³-hybridized carbons (Fsp3) is 0.167. The van der Waals surface area contributed by atoms with E-state index >= 15 is 0 Å². The summed E-state index contributed by atoms with van der Waals surface area (Å²) >= 11 is 0.870. The molecule has 0 saturated carbocycles. The first-order valence-electron chi connectivity index (χ1n) is 5.33. The summed E-state index contributed by atoms with van der Waals surface area (Å²) in [7, 11) is 0. The zero-order valence-corrected chi connectivity index (χ0v) is 11.5. The van der Waals surface area contributed by atoms with Crippen molar-refractivity contribution in [1.82, 2.24) is 4.90 Å². The molecule has 2 rings (SSSR count). The van der Waals surface area contributed by atoms with Crippen LogP contribution in [0.5, 0.6) is 0 Å². The van der Waals surface area contributed by atoms with Crippen LogP contribution >= 0.6 is 24.2 Å². The topological polar surface area (TPSA) is 63.4 Å². The van der Waals surface area contributed by atoms with E-state index in [0.29, 0.717) is 10.5 Å². The molecule has 0 radical (unpaired) electrons. The third-order valence-electron chi connectivity index (χ3n) is 2.39. The van der Waals surface area contributed by atoms with Crippen LogP contribution in [-0.2, 0) is 4.79 Å². The highest BCUT2D eigenvalue weighted by molar-refractivity contribution is 8.18. The second kappa shape index (κ2) is 6.70. The highest BCUT2D eigenvalue weighted by Crippen LogP contribution is 2.31. The van der Waals surface area contributed by atoms with Gasteiger partial charge in [0.1, 0.15) is 5.82 Å². The second-order valence-corrected chi connectivity index (χ2v) is 4.67. The Bertz CT molecular complexity index is 519. The smallest absolute Gasteiger partial charge is 0.293 e. The van der Waals surface area contributed by atoms with Crippen LogP contribution in [0.15, 0.2) is 29.2 Å². The van der Waals surface area contributed by atoms with E-state index in [1.807, 2.05) is 0 Å². The summed E-state index contributed by atoms with van der Waals surface area (Å²) < 4.78 is 12.7. The fourth-order valence-electron chi connectivity index (χ4n) is 1.53. The monoisotopic (exact) mass is 302 g/mol. The maximum absolute atomic E-state index is 12.7. The molecule has 102 valence electrons. The van der Waals surface area contributed by atoms with Gasteiger partial charge in [-0.15, -0.1) is 12.4 Å². The van der Waals surface area contributed by atoms with Crippen molar-refractivity contribution in [2.75, 3.05) is 13.1 Å². The predicted octanol–water partition coefficient (Wildman–Crippen LogP) is 2.24. The molecule has 1 aliphatic rings. The highest BCUT2D eigenvalue weighted by atomic mass is 35.5. The van der Waals surface area contributed by atoms with Crippen molar-refractivity contribution < 1.29 is 14.0 Å². The molecule has 1 fully saturated rings. The molecule has 0 unspecified atom stereocenters. The average molecular weight is 303 g/mol. The van der Waals surface area contributed by atoms with E-state index in [1.165, 1.54) is 12.1 Å². The summed E-state index contributed by atoms with van der Waals surface area (Å²) in [4.78, 5) is 24.8. The number of benzene rings is 1. The van der Waals surface area contributed by atoms with E-state index in [0.717, 1.165) is 16.7 Å². The fourth-order valence-corrected chi connectivity index (χ4v) is 2.40. The lowest BCUT2D eigenvalue weighted by atomic mass is 10.2. The first-order valence-corrected chi connectivity index (χ1v) is 6.14. The van der Waals surface area contributed by atoms with Crippen LogP contribution < -0.4 is 5.73 Å². The summed E-state index contributed by atoms with van der Waals surface area (Å²) in [6, 6.07) is 5.70. The molecule has 7 heteroatoms. The largest absolute Gasteiger partial charge is 0.329 e. The number of hydrogen-bond acceptors (Lipinski definition) is 4. The van der Waals surface area contributed by atoms with E-state index in [1.54, 1.807) is 18.2 Å². The van der Waals surface area contributed by atoms with Gasteiger partial charge in [-0.25, -0.2) is 4.39 Å². The lowest BCUT2D eigenvalue weighted by Gasteiger charge is -2.09. The van der Waals surface area contributed by atoms with Gasteiger partial charge < -0.3 is 5.73 Å². The van der Waals surface area contributed by atoms with Gasteiger partial charge in [-0.3, -0.25) is 14.5 Å². The van der Waals surface area contributed by atoms with Crippen LogP contribution in [0.25, 0.3) is 6.08 Å². The molecule has 0 atom stereocenters. The number of nitrogens with two attached hydrogens (primary N) is 1. The summed E-state index contributed by atoms with van der Waals surface area (Å²) in [6.07, 6.45) is 1.57. The van der Waals surface area contributed by atoms with Crippen molar-refractivity contribution in [3.63, 3.8) is 0 Å². The molecule has 0 aromatic heterocycles. The molecule has 2 amide bonds. The molecule has 1 heterocycles. The second-order valence-electron chi connectivity index (χ2n) is 3.67. The van der Waals surface area contributed by atoms with Gasteiger partial charge >= 0.3 is 0 Å². The minimum absolute atomic E-state index is 0. The van der Waals surface area contributed by atoms with Crippen molar-refractivity contribution in [2.24, 2.45) is 5.73 Å². The zero-order valence-electron chi connectivity index (χ0n) is 9.84. The SMILES string of the molecule is Cl.NCCN1C(=O)S/C(=C\c2ccc(F)cc2)C1=O. The Kier molecular flexibility index (Phi) is 5.53. The predicted molar refractivity (Wildman–Crippen MR) is 75.4 cm³/mol. The molecule has 0 aliphatic carbocycles. The summed E-state index contributed by atoms with van der Waals surface area (Å²) in [5.74, 6) is -0.692. The molecule has 0 bridgehead atoms. The van der Waals surface area contributed by atoms with Crippen LogP contribution in [0.2, 0.25) is 0 Å². The lowest BCUT2D eigenvalue weighted by Crippen LogP contribution is -2.33. The number of hydrogen-bond donors (Lipinski definition) is 1. The Morgan fingerprint density at radius 1 is 1.26 bits per heavy atom. The number of nitrogens with zero attached hydrogens (tertiary/aromatic N) is 1. The first-order chi connectivity index (χ1) is 8.61. The first kappa shape index (κ1) is 15.7. The molecular formula is C12H12ClFN2O2S. The lowest BCUT2D eigenvalue weighted by molar-refractivity contribution is -0.122. The number of rotatable bonds is 3. The number of carbonyl (C=O) groups excluding carboxylic acids is 2. The van der Waals surface area contributed by atoms with Gasteiger partial charge in [0, 0.05) is 13.1 Å². The number of imide groups is 1. The normalized spacial score (nSPS) is 16.9. The molecule has 2 N–H and O–H groups in total. The Hall–Kier alpha value is -1.37. The number of halogens is 2. The van der Waals surface area contributed by atoms with Crippen LogP contribution in [0.3, 0.4) is 0 Å². The molecular weight excluding hydrogens is 291 g/mol. The van der Waals surface area contributed by atoms with Gasteiger partial charge in [-0.1, -0.05) is 12.1 Å². The molecule has 19 heavy (non-hydrogen) atoms. The summed E-state index contributed by atoms with van der Waals surface area (Å²) in [6.45, 7) is 0.452. The summed E-state index contributed by atoms with van der Waals surface area (Å²) in [5.41, 5.74) is 6.01. The van der Waals surface area contributed by atoms with Crippen molar-refractivity contribution in [3.8, 4) is 0 Å². The van der Waals surface area contributed by atoms with Gasteiger partial charge in [-0.2, -0.15) is 0 Å². The third kappa shape index (κ3) is 3.56. The minimum Gasteiger partial charge on any atom is -0.329 e. The molecule has 1 aromatic carbocycles.